The van der Waals surface area contributed by atoms with Gasteiger partial charge < -0.3 is 5.73 Å². The number of rotatable bonds is 3. The van der Waals surface area contributed by atoms with Crippen LogP contribution in [0.25, 0.3) is 0 Å². The quantitative estimate of drug-likeness (QED) is 0.925. The molecule has 0 radical (unpaired) electrons. The van der Waals surface area contributed by atoms with E-state index in [0.717, 1.165) is 5.56 Å². The van der Waals surface area contributed by atoms with Crippen LogP contribution in [0.5, 0.6) is 0 Å². The summed E-state index contributed by atoms with van der Waals surface area (Å²) in [4.78, 5) is 0.294. The third-order valence-corrected chi connectivity index (χ3v) is 6.54. The van der Waals surface area contributed by atoms with Gasteiger partial charge in [0.15, 0.2) is 0 Å². The van der Waals surface area contributed by atoms with E-state index in [1.807, 2.05) is 30.3 Å². The predicted octanol–water partition coefficient (Wildman–Crippen LogP) is 2.76. The van der Waals surface area contributed by atoms with Gasteiger partial charge in [0.25, 0.3) is 0 Å². The molecule has 0 bridgehead atoms. The highest BCUT2D eigenvalue weighted by Crippen LogP contribution is 2.31. The summed E-state index contributed by atoms with van der Waals surface area (Å²) in [6.07, 6.45) is 0. The van der Waals surface area contributed by atoms with E-state index in [4.69, 9.17) is 17.3 Å². The van der Waals surface area contributed by atoms with Crippen molar-refractivity contribution in [3.8, 4) is 0 Å². The zero-order valence-corrected chi connectivity index (χ0v) is 14.4. The summed E-state index contributed by atoms with van der Waals surface area (Å²) in [7, 11) is -3.57. The van der Waals surface area contributed by atoms with Crippen LogP contribution in [-0.2, 0) is 10.0 Å². The summed E-state index contributed by atoms with van der Waals surface area (Å²) in [6.45, 7) is 2.48. The van der Waals surface area contributed by atoms with Gasteiger partial charge in [-0.25, -0.2) is 8.42 Å². The molecule has 0 unspecified atom stereocenters. The van der Waals surface area contributed by atoms with Crippen molar-refractivity contribution in [1.82, 2.24) is 4.31 Å². The first-order valence-electron chi connectivity index (χ1n) is 7.46. The van der Waals surface area contributed by atoms with Crippen molar-refractivity contribution < 1.29 is 8.42 Å². The largest absolute Gasteiger partial charge is 0.326 e. The van der Waals surface area contributed by atoms with Crippen LogP contribution in [0.4, 0.5) is 0 Å². The molecule has 3 rings (SSSR count). The average Bonchev–Trinajstić information content (AvgIpc) is 2.90. The molecule has 2 aromatic carbocycles. The third-order valence-electron chi connectivity index (χ3n) is 4.31. The highest BCUT2D eigenvalue weighted by atomic mass is 35.5. The Morgan fingerprint density at radius 1 is 1.13 bits per heavy atom. The van der Waals surface area contributed by atoms with Gasteiger partial charge in [0.1, 0.15) is 0 Å². The second-order valence-electron chi connectivity index (χ2n) is 5.91. The fourth-order valence-corrected chi connectivity index (χ4v) is 5.02. The Kier molecular flexibility index (Phi) is 4.47. The fourth-order valence-electron chi connectivity index (χ4n) is 3.08. The first kappa shape index (κ1) is 16.5. The van der Waals surface area contributed by atoms with Gasteiger partial charge in [-0.05, 0) is 36.2 Å². The Morgan fingerprint density at radius 3 is 2.48 bits per heavy atom. The molecule has 0 spiro atoms. The molecule has 122 valence electrons. The second kappa shape index (κ2) is 6.24. The maximum Gasteiger partial charge on any atom is 0.243 e. The highest BCUT2D eigenvalue weighted by Gasteiger charge is 2.38. The molecule has 0 saturated carbocycles. The van der Waals surface area contributed by atoms with Crippen LogP contribution < -0.4 is 5.73 Å². The topological polar surface area (TPSA) is 63.4 Å². The summed E-state index contributed by atoms with van der Waals surface area (Å²) in [5, 5.41) is 0.529. The summed E-state index contributed by atoms with van der Waals surface area (Å²) in [5.41, 5.74) is 7.93. The second-order valence-corrected chi connectivity index (χ2v) is 8.26. The summed E-state index contributed by atoms with van der Waals surface area (Å²) in [6, 6.07) is 14.4. The standard InChI is InChI=1S/C17H19ClN2O2S/c1-12-9-14(18)7-8-17(12)23(21,22)20-10-15(16(19)11-20)13-5-3-2-4-6-13/h2-9,15-16H,10-11,19H2,1H3/t15-,16+/m0/s1. The first-order valence-corrected chi connectivity index (χ1v) is 9.28. The molecule has 1 saturated heterocycles. The Hall–Kier alpha value is -1.40. The molecule has 0 aliphatic carbocycles. The Morgan fingerprint density at radius 2 is 1.83 bits per heavy atom. The number of hydrogen-bond donors (Lipinski definition) is 1. The molecule has 6 heteroatoms. The monoisotopic (exact) mass is 350 g/mol. The molecule has 0 amide bonds. The number of aryl methyl sites for hydroxylation is 1. The van der Waals surface area contributed by atoms with Crippen molar-refractivity contribution in [3.63, 3.8) is 0 Å². The SMILES string of the molecule is Cc1cc(Cl)ccc1S(=O)(=O)N1C[C@@H](N)[C@H](c2ccccc2)C1. The van der Waals surface area contributed by atoms with Crippen LogP contribution in [0, 0.1) is 6.92 Å². The number of sulfonamides is 1. The van der Waals surface area contributed by atoms with E-state index in [1.54, 1.807) is 25.1 Å². The van der Waals surface area contributed by atoms with E-state index in [0.29, 0.717) is 28.6 Å². The van der Waals surface area contributed by atoms with E-state index >= 15 is 0 Å². The number of halogens is 1. The molecule has 4 nitrogen and oxygen atoms in total. The van der Waals surface area contributed by atoms with Crippen LogP contribution >= 0.6 is 11.6 Å². The van der Waals surface area contributed by atoms with Gasteiger partial charge in [-0.2, -0.15) is 4.31 Å². The molecule has 1 fully saturated rings. The molecule has 1 heterocycles. The van der Waals surface area contributed by atoms with E-state index in [9.17, 15) is 8.42 Å². The van der Waals surface area contributed by atoms with Gasteiger partial charge in [0.05, 0.1) is 4.90 Å². The minimum Gasteiger partial charge on any atom is -0.326 e. The number of hydrogen-bond acceptors (Lipinski definition) is 3. The molecule has 2 atom stereocenters. The Labute approximate surface area is 141 Å². The lowest BCUT2D eigenvalue weighted by atomic mass is 9.95. The lowest BCUT2D eigenvalue weighted by Crippen LogP contribution is -2.32. The molecule has 2 aromatic rings. The maximum absolute atomic E-state index is 12.9. The van der Waals surface area contributed by atoms with Crippen molar-refractivity contribution in [1.29, 1.82) is 0 Å². The lowest BCUT2D eigenvalue weighted by molar-refractivity contribution is 0.469. The molecule has 0 aromatic heterocycles. The fraction of sp³-hybridized carbons (Fsp3) is 0.294. The van der Waals surface area contributed by atoms with Gasteiger partial charge in [-0.1, -0.05) is 41.9 Å². The van der Waals surface area contributed by atoms with E-state index in [2.05, 4.69) is 0 Å². The van der Waals surface area contributed by atoms with Crippen molar-refractivity contribution in [2.24, 2.45) is 5.73 Å². The molecular weight excluding hydrogens is 332 g/mol. The van der Waals surface area contributed by atoms with Crippen LogP contribution in [0.2, 0.25) is 5.02 Å². The van der Waals surface area contributed by atoms with Gasteiger partial charge in [0, 0.05) is 30.1 Å². The number of nitrogens with zero attached hydrogens (tertiary/aromatic N) is 1. The van der Waals surface area contributed by atoms with Crippen molar-refractivity contribution >= 4 is 21.6 Å². The Bertz CT molecular complexity index is 809. The predicted molar refractivity (Wildman–Crippen MR) is 92.1 cm³/mol. The van der Waals surface area contributed by atoms with Crippen molar-refractivity contribution in [2.75, 3.05) is 13.1 Å². The minimum atomic E-state index is -3.57. The average molecular weight is 351 g/mol. The zero-order valence-electron chi connectivity index (χ0n) is 12.8. The number of nitrogens with two attached hydrogens (primary N) is 1. The van der Waals surface area contributed by atoms with Gasteiger partial charge in [-0.15, -0.1) is 0 Å². The van der Waals surface area contributed by atoms with E-state index in [1.165, 1.54) is 4.31 Å². The zero-order chi connectivity index (χ0) is 16.6. The highest BCUT2D eigenvalue weighted by molar-refractivity contribution is 7.89. The van der Waals surface area contributed by atoms with Crippen molar-refractivity contribution in [3.05, 3.63) is 64.7 Å². The molecule has 2 N–H and O–H groups in total. The Balaban J connectivity index is 1.90. The van der Waals surface area contributed by atoms with Crippen LogP contribution in [-0.4, -0.2) is 31.9 Å². The molecule has 1 aliphatic rings. The van der Waals surface area contributed by atoms with Crippen LogP contribution in [0.1, 0.15) is 17.0 Å². The third kappa shape index (κ3) is 3.15. The van der Waals surface area contributed by atoms with Gasteiger partial charge in [0.2, 0.25) is 10.0 Å². The van der Waals surface area contributed by atoms with Crippen LogP contribution in [0.3, 0.4) is 0 Å². The van der Waals surface area contributed by atoms with E-state index in [-0.39, 0.29) is 12.0 Å². The van der Waals surface area contributed by atoms with Crippen molar-refractivity contribution in [2.45, 2.75) is 23.8 Å². The molecule has 23 heavy (non-hydrogen) atoms. The lowest BCUT2D eigenvalue weighted by Gasteiger charge is -2.18. The summed E-state index contributed by atoms with van der Waals surface area (Å²) in [5.74, 6) is 0.0126. The molecular formula is C17H19ClN2O2S. The normalized spacial score (nSPS) is 22.4. The van der Waals surface area contributed by atoms with Gasteiger partial charge in [-0.3, -0.25) is 0 Å². The van der Waals surface area contributed by atoms with Crippen LogP contribution in [0.15, 0.2) is 53.4 Å². The van der Waals surface area contributed by atoms with Gasteiger partial charge >= 0.3 is 0 Å². The summed E-state index contributed by atoms with van der Waals surface area (Å²) >= 11 is 5.92. The molecule has 1 aliphatic heterocycles. The first-order chi connectivity index (χ1) is 10.9. The smallest absolute Gasteiger partial charge is 0.243 e. The van der Waals surface area contributed by atoms with E-state index < -0.39 is 10.0 Å². The minimum absolute atomic E-state index is 0.0126. The maximum atomic E-state index is 12.9. The number of benzene rings is 2. The summed E-state index contributed by atoms with van der Waals surface area (Å²) < 4.78 is 27.3.